The molecule has 0 bridgehead atoms. The van der Waals surface area contributed by atoms with Crippen LogP contribution in [0.15, 0.2) is 23.1 Å². The largest absolute Gasteiger partial charge is 0.507 e. The normalized spacial score (nSPS) is 21.9. The first kappa shape index (κ1) is 21.7. The number of morpholine rings is 1. The lowest BCUT2D eigenvalue weighted by molar-refractivity contribution is -0.140. The Labute approximate surface area is 185 Å². The van der Waals surface area contributed by atoms with Crippen LogP contribution in [-0.2, 0) is 21.4 Å². The van der Waals surface area contributed by atoms with E-state index >= 15 is 0 Å². The second-order valence-corrected chi connectivity index (χ2v) is 8.96. The zero-order valence-electron chi connectivity index (χ0n) is 18.1. The van der Waals surface area contributed by atoms with Crippen LogP contribution >= 0.6 is 11.3 Å². The van der Waals surface area contributed by atoms with E-state index in [0.717, 1.165) is 49.8 Å². The Kier molecular flexibility index (Phi) is 6.27. The summed E-state index contributed by atoms with van der Waals surface area (Å²) in [5, 5.41) is 17.5. The van der Waals surface area contributed by atoms with E-state index in [1.165, 1.54) is 11.3 Å². The maximum absolute atomic E-state index is 13.1. The van der Waals surface area contributed by atoms with E-state index in [1.54, 1.807) is 23.6 Å². The summed E-state index contributed by atoms with van der Waals surface area (Å²) in [5.74, 6) is -1.33. The Morgan fingerprint density at radius 3 is 2.61 bits per heavy atom. The number of amides is 1. The zero-order chi connectivity index (χ0) is 22.1. The number of ether oxygens (including phenoxy) is 1. The molecule has 0 aliphatic carbocycles. The third kappa shape index (κ3) is 4.05. The molecule has 2 aliphatic rings. The lowest BCUT2D eigenvalue weighted by atomic mass is 9.99. The van der Waals surface area contributed by atoms with Gasteiger partial charge in [-0.05, 0) is 31.7 Å². The number of thiophene rings is 1. The summed E-state index contributed by atoms with van der Waals surface area (Å²) in [6.45, 7) is 8.14. The summed E-state index contributed by atoms with van der Waals surface area (Å²) in [4.78, 5) is 30.9. The molecule has 166 valence electrons. The minimum absolute atomic E-state index is 0.143. The van der Waals surface area contributed by atoms with Crippen molar-refractivity contribution in [1.29, 1.82) is 0 Å². The van der Waals surface area contributed by atoms with Gasteiger partial charge in [0, 0.05) is 43.8 Å². The third-order valence-corrected chi connectivity index (χ3v) is 7.00. The van der Waals surface area contributed by atoms with Crippen molar-refractivity contribution in [3.8, 4) is 0 Å². The van der Waals surface area contributed by atoms with Crippen molar-refractivity contribution in [1.82, 2.24) is 19.6 Å². The number of rotatable bonds is 6. The Morgan fingerprint density at radius 1 is 1.26 bits per heavy atom. The van der Waals surface area contributed by atoms with E-state index in [9.17, 15) is 14.7 Å². The van der Waals surface area contributed by atoms with E-state index in [1.807, 2.05) is 24.4 Å². The van der Waals surface area contributed by atoms with E-state index < -0.39 is 17.7 Å². The Bertz CT molecular complexity index is 1010. The molecule has 31 heavy (non-hydrogen) atoms. The van der Waals surface area contributed by atoms with Gasteiger partial charge in [0.15, 0.2) is 0 Å². The van der Waals surface area contributed by atoms with Crippen LogP contribution in [0.1, 0.15) is 34.3 Å². The Balaban J connectivity index is 1.66. The van der Waals surface area contributed by atoms with E-state index in [-0.39, 0.29) is 11.3 Å². The maximum atomic E-state index is 13.1. The number of likely N-dealkylation sites (tertiary alicyclic amines) is 1. The number of aryl methyl sites for hydroxylation is 2. The highest BCUT2D eigenvalue weighted by Gasteiger charge is 2.46. The van der Waals surface area contributed by atoms with Crippen LogP contribution in [0.2, 0.25) is 0 Å². The molecule has 2 aromatic rings. The van der Waals surface area contributed by atoms with Crippen LogP contribution in [-0.4, -0.2) is 75.8 Å². The molecule has 2 saturated heterocycles. The van der Waals surface area contributed by atoms with Gasteiger partial charge in [0.05, 0.1) is 36.1 Å². The second-order valence-electron chi connectivity index (χ2n) is 7.98. The number of carbonyl (C=O) groups excluding carboxylic acids is 2. The lowest BCUT2D eigenvalue weighted by Gasteiger charge is -2.28. The second kappa shape index (κ2) is 8.94. The molecule has 2 aliphatic heterocycles. The standard InChI is InChI=1S/C22H28N4O4S/c1-14-17(15(2)24(3)23-14)20(27)18-19(16-6-4-13-31-16)26(22(29)21(18)28)8-5-7-25-9-11-30-12-10-25/h4,6,13,19,27H,5,7-12H2,1-3H3/b20-18+. The summed E-state index contributed by atoms with van der Waals surface area (Å²) >= 11 is 1.48. The summed E-state index contributed by atoms with van der Waals surface area (Å²) in [5.41, 5.74) is 2.05. The average molecular weight is 445 g/mol. The molecule has 0 saturated carbocycles. The van der Waals surface area contributed by atoms with Crippen LogP contribution in [0.3, 0.4) is 0 Å². The van der Waals surface area contributed by atoms with Crippen LogP contribution in [0.25, 0.3) is 5.76 Å². The Hall–Kier alpha value is -2.49. The number of aliphatic hydroxyl groups excluding tert-OH is 1. The van der Waals surface area contributed by atoms with E-state index in [2.05, 4.69) is 10.00 Å². The van der Waals surface area contributed by atoms with Crippen molar-refractivity contribution in [3.05, 3.63) is 44.9 Å². The fraction of sp³-hybridized carbons (Fsp3) is 0.500. The van der Waals surface area contributed by atoms with Crippen molar-refractivity contribution in [2.24, 2.45) is 7.05 Å². The fourth-order valence-electron chi connectivity index (χ4n) is 4.39. The van der Waals surface area contributed by atoms with Gasteiger partial charge in [-0.2, -0.15) is 5.10 Å². The molecule has 1 atom stereocenters. The minimum Gasteiger partial charge on any atom is -0.507 e. The summed E-state index contributed by atoms with van der Waals surface area (Å²) in [7, 11) is 1.79. The van der Waals surface area contributed by atoms with Crippen molar-refractivity contribution in [2.75, 3.05) is 39.4 Å². The van der Waals surface area contributed by atoms with E-state index in [4.69, 9.17) is 4.74 Å². The van der Waals surface area contributed by atoms with Crippen molar-refractivity contribution >= 4 is 28.8 Å². The highest BCUT2D eigenvalue weighted by Crippen LogP contribution is 2.41. The molecule has 1 unspecified atom stereocenters. The van der Waals surface area contributed by atoms with Crippen LogP contribution in [0, 0.1) is 13.8 Å². The minimum atomic E-state index is -0.634. The molecule has 8 nitrogen and oxygen atoms in total. The highest BCUT2D eigenvalue weighted by molar-refractivity contribution is 7.10. The summed E-state index contributed by atoms with van der Waals surface area (Å²) < 4.78 is 7.06. The number of aromatic nitrogens is 2. The predicted molar refractivity (Wildman–Crippen MR) is 118 cm³/mol. The summed E-state index contributed by atoms with van der Waals surface area (Å²) in [6, 6.07) is 3.23. The van der Waals surface area contributed by atoms with Gasteiger partial charge in [-0.3, -0.25) is 19.2 Å². The molecule has 2 fully saturated rings. The molecule has 1 N–H and O–H groups in total. The summed E-state index contributed by atoms with van der Waals surface area (Å²) in [6.07, 6.45) is 0.750. The van der Waals surface area contributed by atoms with Crippen molar-refractivity contribution < 1.29 is 19.4 Å². The zero-order valence-corrected chi connectivity index (χ0v) is 18.9. The molecule has 4 heterocycles. The third-order valence-electron chi connectivity index (χ3n) is 6.08. The first-order chi connectivity index (χ1) is 14.9. The molecule has 1 amide bonds. The van der Waals surface area contributed by atoms with Gasteiger partial charge in [-0.1, -0.05) is 6.07 Å². The average Bonchev–Trinajstić information content (AvgIpc) is 3.43. The molecular formula is C22H28N4O4S. The molecule has 2 aromatic heterocycles. The number of carbonyl (C=O) groups is 2. The molecule has 0 spiro atoms. The van der Waals surface area contributed by atoms with Crippen molar-refractivity contribution in [2.45, 2.75) is 26.3 Å². The molecular weight excluding hydrogens is 416 g/mol. The predicted octanol–water partition coefficient (Wildman–Crippen LogP) is 2.24. The number of hydrogen-bond acceptors (Lipinski definition) is 7. The Morgan fingerprint density at radius 2 is 2.00 bits per heavy atom. The van der Waals surface area contributed by atoms with Gasteiger partial charge in [0.25, 0.3) is 11.7 Å². The van der Waals surface area contributed by atoms with Gasteiger partial charge < -0.3 is 14.7 Å². The number of nitrogens with zero attached hydrogens (tertiary/aromatic N) is 4. The fourth-order valence-corrected chi connectivity index (χ4v) is 5.24. The smallest absolute Gasteiger partial charge is 0.295 e. The number of aliphatic hydroxyl groups is 1. The first-order valence-corrected chi connectivity index (χ1v) is 11.4. The molecule has 0 radical (unpaired) electrons. The molecule has 9 heteroatoms. The number of hydrogen-bond donors (Lipinski definition) is 1. The topological polar surface area (TPSA) is 87.9 Å². The van der Waals surface area contributed by atoms with Gasteiger partial charge in [-0.15, -0.1) is 11.3 Å². The van der Waals surface area contributed by atoms with E-state index in [0.29, 0.717) is 17.8 Å². The monoisotopic (exact) mass is 444 g/mol. The highest BCUT2D eigenvalue weighted by atomic mass is 32.1. The van der Waals surface area contributed by atoms with Crippen LogP contribution in [0.5, 0.6) is 0 Å². The maximum Gasteiger partial charge on any atom is 0.295 e. The lowest BCUT2D eigenvalue weighted by Crippen LogP contribution is -2.38. The van der Waals surface area contributed by atoms with Crippen molar-refractivity contribution in [3.63, 3.8) is 0 Å². The van der Waals surface area contributed by atoms with Crippen LogP contribution in [0.4, 0.5) is 0 Å². The van der Waals surface area contributed by atoms with Gasteiger partial charge in [-0.25, -0.2) is 0 Å². The van der Waals surface area contributed by atoms with Crippen LogP contribution < -0.4 is 0 Å². The van der Waals surface area contributed by atoms with Gasteiger partial charge in [0.2, 0.25) is 0 Å². The number of ketones is 1. The molecule has 0 aromatic carbocycles. The first-order valence-electron chi connectivity index (χ1n) is 10.5. The molecule has 4 rings (SSSR count). The number of Topliss-reactive ketones (excluding diaryl/α,β-unsaturated/α-hetero) is 1. The van der Waals surface area contributed by atoms with Gasteiger partial charge in [0.1, 0.15) is 5.76 Å². The quantitative estimate of drug-likeness (QED) is 0.418. The van der Waals surface area contributed by atoms with Gasteiger partial charge >= 0.3 is 0 Å². The SMILES string of the molecule is Cc1nn(C)c(C)c1/C(O)=C1\C(=O)C(=O)N(CCCN2CCOCC2)C1c1cccs1.